The molecule has 1 aromatic carbocycles. The number of halogens is 2. The summed E-state index contributed by atoms with van der Waals surface area (Å²) >= 11 is 12.0. The largest absolute Gasteiger partial charge is 0.467 e. The first-order valence-electron chi connectivity index (χ1n) is 7.66. The second kappa shape index (κ2) is 7.54. The van der Waals surface area contributed by atoms with E-state index in [4.69, 9.17) is 27.9 Å². The highest BCUT2D eigenvalue weighted by Crippen LogP contribution is 2.48. The van der Waals surface area contributed by atoms with Crippen LogP contribution in [0.4, 0.5) is 0 Å². The maximum atomic E-state index is 12.4. The van der Waals surface area contributed by atoms with E-state index in [1.165, 1.54) is 7.11 Å². The van der Waals surface area contributed by atoms with Crippen molar-refractivity contribution in [1.82, 2.24) is 5.32 Å². The van der Waals surface area contributed by atoms with E-state index < -0.39 is 12.0 Å². The number of amides is 1. The minimum absolute atomic E-state index is 0.101. The van der Waals surface area contributed by atoms with E-state index in [2.05, 4.69) is 5.32 Å². The number of benzene rings is 1. The molecule has 1 N–H and O–H groups in total. The van der Waals surface area contributed by atoms with Crippen LogP contribution in [-0.2, 0) is 14.3 Å². The van der Waals surface area contributed by atoms with Gasteiger partial charge in [0.15, 0.2) is 0 Å². The van der Waals surface area contributed by atoms with E-state index in [1.807, 2.05) is 26.0 Å². The van der Waals surface area contributed by atoms with Crippen molar-refractivity contribution < 1.29 is 14.3 Å². The molecule has 0 bridgehead atoms. The first kappa shape index (κ1) is 18.1. The Kier molecular flexibility index (Phi) is 5.93. The Bertz CT molecular complexity index is 583. The van der Waals surface area contributed by atoms with Crippen LogP contribution in [0.5, 0.6) is 0 Å². The number of methoxy groups -OCH3 is 1. The van der Waals surface area contributed by atoms with E-state index in [1.54, 1.807) is 6.07 Å². The van der Waals surface area contributed by atoms with E-state index in [-0.39, 0.29) is 23.7 Å². The summed E-state index contributed by atoms with van der Waals surface area (Å²) in [5.41, 5.74) is 0.959. The van der Waals surface area contributed by atoms with Crippen molar-refractivity contribution in [3.8, 4) is 0 Å². The minimum Gasteiger partial charge on any atom is -0.467 e. The normalized spacial score (nSPS) is 21.0. The van der Waals surface area contributed by atoms with Crippen LogP contribution < -0.4 is 5.32 Å². The minimum atomic E-state index is -0.600. The summed E-state index contributed by atoms with van der Waals surface area (Å²) < 4.78 is 4.77. The zero-order chi connectivity index (χ0) is 17.1. The lowest BCUT2D eigenvalue weighted by Crippen LogP contribution is -2.43. The highest BCUT2D eigenvalue weighted by atomic mass is 35.5. The Balaban J connectivity index is 2.00. The Morgan fingerprint density at radius 1 is 1.26 bits per heavy atom. The van der Waals surface area contributed by atoms with Crippen LogP contribution in [-0.4, -0.2) is 25.0 Å². The number of esters is 1. The third-order valence-corrected chi connectivity index (χ3v) is 4.39. The van der Waals surface area contributed by atoms with Gasteiger partial charge in [0.2, 0.25) is 5.91 Å². The molecule has 1 aromatic rings. The summed E-state index contributed by atoms with van der Waals surface area (Å²) in [6, 6.07) is 4.73. The topological polar surface area (TPSA) is 55.4 Å². The lowest BCUT2D eigenvalue weighted by atomic mass is 10.0. The van der Waals surface area contributed by atoms with Crippen LogP contribution in [0.1, 0.15) is 38.2 Å². The van der Waals surface area contributed by atoms with Crippen LogP contribution >= 0.6 is 23.2 Å². The molecule has 1 saturated carbocycles. The number of hydrogen-bond acceptors (Lipinski definition) is 3. The van der Waals surface area contributed by atoms with E-state index in [0.717, 1.165) is 12.0 Å². The standard InChI is InChI=1S/C17H21Cl2NO3/c1-9(2)4-15(17(22)23-3)20-16(21)14-8-13(14)10-5-11(18)7-12(19)6-10/h5-7,9,13-15H,4,8H2,1-3H3,(H,20,21)/t13-,14-,15-/m1/s1. The number of nitrogens with one attached hydrogen (secondary N) is 1. The van der Waals surface area contributed by atoms with Gasteiger partial charge in [-0.05, 0) is 48.4 Å². The second-order valence-electron chi connectivity index (χ2n) is 6.37. The summed E-state index contributed by atoms with van der Waals surface area (Å²) in [4.78, 5) is 24.2. The third kappa shape index (κ3) is 4.85. The third-order valence-electron chi connectivity index (χ3n) is 3.95. The maximum Gasteiger partial charge on any atom is 0.328 e. The molecule has 6 heteroatoms. The van der Waals surface area contributed by atoms with Crippen molar-refractivity contribution in [1.29, 1.82) is 0 Å². The predicted molar refractivity (Wildman–Crippen MR) is 90.7 cm³/mol. The van der Waals surface area contributed by atoms with Gasteiger partial charge >= 0.3 is 5.97 Å². The first-order chi connectivity index (χ1) is 10.8. The van der Waals surface area contributed by atoms with E-state index in [0.29, 0.717) is 16.5 Å². The fourth-order valence-corrected chi connectivity index (χ4v) is 3.29. The summed E-state index contributed by atoms with van der Waals surface area (Å²) in [5.74, 6) is -0.300. The molecule has 1 fully saturated rings. The van der Waals surface area contributed by atoms with Crippen molar-refractivity contribution in [3.63, 3.8) is 0 Å². The second-order valence-corrected chi connectivity index (χ2v) is 7.24. The van der Waals surface area contributed by atoms with Gasteiger partial charge in [0, 0.05) is 16.0 Å². The van der Waals surface area contributed by atoms with Gasteiger partial charge in [0.1, 0.15) is 6.04 Å². The van der Waals surface area contributed by atoms with Gasteiger partial charge in [-0.25, -0.2) is 4.79 Å². The Hall–Kier alpha value is -1.26. The molecule has 126 valence electrons. The van der Waals surface area contributed by atoms with Crippen LogP contribution in [0.25, 0.3) is 0 Å². The highest BCUT2D eigenvalue weighted by molar-refractivity contribution is 6.34. The van der Waals surface area contributed by atoms with Gasteiger partial charge in [0.05, 0.1) is 7.11 Å². The average Bonchev–Trinajstić information content (AvgIpc) is 3.24. The van der Waals surface area contributed by atoms with Crippen LogP contribution in [0.15, 0.2) is 18.2 Å². The quantitative estimate of drug-likeness (QED) is 0.787. The molecule has 0 aromatic heterocycles. The fraction of sp³-hybridized carbons (Fsp3) is 0.529. The van der Waals surface area contributed by atoms with E-state index in [9.17, 15) is 9.59 Å². The molecular weight excluding hydrogens is 337 g/mol. The molecule has 0 radical (unpaired) electrons. The number of carbonyl (C=O) groups is 2. The molecule has 0 unspecified atom stereocenters. The van der Waals surface area contributed by atoms with Crippen molar-refractivity contribution in [3.05, 3.63) is 33.8 Å². The number of carbonyl (C=O) groups excluding carboxylic acids is 2. The van der Waals surface area contributed by atoms with Gasteiger partial charge < -0.3 is 10.1 Å². The molecule has 2 rings (SSSR count). The molecule has 23 heavy (non-hydrogen) atoms. The lowest BCUT2D eigenvalue weighted by Gasteiger charge is -2.18. The Labute approximate surface area is 146 Å². The molecule has 3 atom stereocenters. The lowest BCUT2D eigenvalue weighted by molar-refractivity contribution is -0.145. The van der Waals surface area contributed by atoms with Crippen LogP contribution in [0.2, 0.25) is 10.0 Å². The molecule has 0 aliphatic heterocycles. The zero-order valence-corrected chi connectivity index (χ0v) is 14.9. The fourth-order valence-electron chi connectivity index (χ4n) is 2.75. The molecule has 0 spiro atoms. The monoisotopic (exact) mass is 357 g/mol. The molecule has 4 nitrogen and oxygen atoms in total. The van der Waals surface area contributed by atoms with Crippen molar-refractivity contribution in [2.24, 2.45) is 11.8 Å². The number of hydrogen-bond donors (Lipinski definition) is 1. The van der Waals surface area contributed by atoms with Gasteiger partial charge in [-0.2, -0.15) is 0 Å². The van der Waals surface area contributed by atoms with Crippen LogP contribution in [0, 0.1) is 11.8 Å². The number of rotatable bonds is 6. The summed E-state index contributed by atoms with van der Waals surface area (Å²) in [6.45, 7) is 3.99. The van der Waals surface area contributed by atoms with Crippen molar-refractivity contribution in [2.45, 2.75) is 38.6 Å². The van der Waals surface area contributed by atoms with Crippen LogP contribution in [0.3, 0.4) is 0 Å². The predicted octanol–water partition coefficient (Wildman–Crippen LogP) is 3.80. The van der Waals surface area contributed by atoms with Crippen molar-refractivity contribution in [2.75, 3.05) is 7.11 Å². The van der Waals surface area contributed by atoms with Crippen molar-refractivity contribution >= 4 is 35.1 Å². The molecular formula is C17H21Cl2NO3. The Morgan fingerprint density at radius 2 is 1.87 bits per heavy atom. The van der Waals surface area contributed by atoms with Gasteiger partial charge in [-0.1, -0.05) is 37.0 Å². The highest BCUT2D eigenvalue weighted by Gasteiger charge is 2.45. The van der Waals surface area contributed by atoms with E-state index >= 15 is 0 Å². The maximum absolute atomic E-state index is 12.4. The Morgan fingerprint density at radius 3 is 2.39 bits per heavy atom. The zero-order valence-electron chi connectivity index (χ0n) is 13.4. The molecule has 1 amide bonds. The molecule has 0 saturated heterocycles. The molecule has 1 aliphatic rings. The van der Waals surface area contributed by atoms with Gasteiger partial charge in [-0.3, -0.25) is 4.79 Å². The summed E-state index contributed by atoms with van der Waals surface area (Å²) in [6.07, 6.45) is 1.29. The summed E-state index contributed by atoms with van der Waals surface area (Å²) in [7, 11) is 1.33. The number of ether oxygens (including phenoxy) is 1. The van der Waals surface area contributed by atoms with Gasteiger partial charge in [-0.15, -0.1) is 0 Å². The average molecular weight is 358 g/mol. The molecule has 1 aliphatic carbocycles. The smallest absolute Gasteiger partial charge is 0.328 e. The SMILES string of the molecule is COC(=O)[C@@H](CC(C)C)NC(=O)[C@@H]1C[C@@H]1c1cc(Cl)cc(Cl)c1. The van der Waals surface area contributed by atoms with Gasteiger partial charge in [0.25, 0.3) is 0 Å². The first-order valence-corrected chi connectivity index (χ1v) is 8.41. The molecule has 0 heterocycles. The summed E-state index contributed by atoms with van der Waals surface area (Å²) in [5, 5.41) is 3.93.